The summed E-state index contributed by atoms with van der Waals surface area (Å²) in [5.74, 6) is 0.513. The van der Waals surface area contributed by atoms with E-state index in [9.17, 15) is 0 Å². The van der Waals surface area contributed by atoms with Gasteiger partial charge < -0.3 is 5.32 Å². The number of aromatic nitrogens is 2. The molecule has 0 saturated carbocycles. The highest BCUT2D eigenvalue weighted by molar-refractivity contribution is 5.85. The lowest BCUT2D eigenvalue weighted by atomic mass is 9.94. The molecule has 1 saturated heterocycles. The molecule has 0 atom stereocenters. The van der Waals surface area contributed by atoms with Crippen LogP contribution >= 0.6 is 12.4 Å². The van der Waals surface area contributed by atoms with Crippen LogP contribution in [0.1, 0.15) is 17.2 Å². The summed E-state index contributed by atoms with van der Waals surface area (Å²) in [5.41, 5.74) is 4.57. The predicted molar refractivity (Wildman–Crippen MR) is 75.1 cm³/mol. The van der Waals surface area contributed by atoms with Gasteiger partial charge in [0.05, 0.1) is 11.4 Å². The van der Waals surface area contributed by atoms with Gasteiger partial charge >= 0.3 is 0 Å². The number of benzene rings is 1. The Labute approximate surface area is 113 Å². The molecule has 18 heavy (non-hydrogen) atoms. The van der Waals surface area contributed by atoms with Gasteiger partial charge in [0.2, 0.25) is 0 Å². The Morgan fingerprint density at radius 3 is 2.61 bits per heavy atom. The summed E-state index contributed by atoms with van der Waals surface area (Å²) in [5, 5.41) is 3.28. The van der Waals surface area contributed by atoms with Gasteiger partial charge in [0.1, 0.15) is 0 Å². The predicted octanol–water partition coefficient (Wildman–Crippen LogP) is 2.56. The van der Waals surface area contributed by atoms with Crippen LogP contribution in [0.15, 0.2) is 36.7 Å². The lowest BCUT2D eigenvalue weighted by Gasteiger charge is -2.27. The van der Waals surface area contributed by atoms with Gasteiger partial charge in [-0.25, -0.2) is 0 Å². The summed E-state index contributed by atoms with van der Waals surface area (Å²) in [6, 6.07) is 8.44. The highest BCUT2D eigenvalue weighted by atomic mass is 35.5. The molecule has 1 aromatic heterocycles. The molecule has 3 nitrogen and oxygen atoms in total. The van der Waals surface area contributed by atoms with Gasteiger partial charge in [-0.3, -0.25) is 9.97 Å². The van der Waals surface area contributed by atoms with Crippen molar-refractivity contribution in [2.45, 2.75) is 12.8 Å². The Hall–Kier alpha value is -1.45. The summed E-state index contributed by atoms with van der Waals surface area (Å²) >= 11 is 0. The van der Waals surface area contributed by atoms with Crippen molar-refractivity contribution in [3.8, 4) is 11.3 Å². The topological polar surface area (TPSA) is 37.8 Å². The van der Waals surface area contributed by atoms with Gasteiger partial charge in [0.15, 0.2) is 0 Å². The summed E-state index contributed by atoms with van der Waals surface area (Å²) in [4.78, 5) is 9.01. The standard InChI is InChI=1S/C14H15N3.ClH/c1-10-3-2-4-11(7-10)13-14(12-8-15-9-12)17-6-5-16-13;/h2-7,12,15H,8-9H2,1H3;1H. The molecule has 0 spiro atoms. The van der Waals surface area contributed by atoms with E-state index >= 15 is 0 Å². The van der Waals surface area contributed by atoms with Crippen LogP contribution in [-0.4, -0.2) is 23.1 Å². The first-order valence-electron chi connectivity index (χ1n) is 5.93. The highest BCUT2D eigenvalue weighted by Gasteiger charge is 2.24. The summed E-state index contributed by atoms with van der Waals surface area (Å²) in [6.45, 7) is 4.12. The summed E-state index contributed by atoms with van der Waals surface area (Å²) in [7, 11) is 0. The highest BCUT2D eigenvalue weighted by Crippen LogP contribution is 2.27. The minimum absolute atomic E-state index is 0. The molecule has 1 aromatic carbocycles. The Morgan fingerprint density at radius 2 is 1.94 bits per heavy atom. The Morgan fingerprint density at radius 1 is 1.17 bits per heavy atom. The minimum Gasteiger partial charge on any atom is -0.315 e. The second-order valence-electron chi connectivity index (χ2n) is 4.51. The summed E-state index contributed by atoms with van der Waals surface area (Å²) in [6.07, 6.45) is 3.56. The van der Waals surface area contributed by atoms with Crippen LogP contribution in [0.2, 0.25) is 0 Å². The maximum absolute atomic E-state index is 4.50. The van der Waals surface area contributed by atoms with E-state index in [1.165, 1.54) is 11.1 Å². The zero-order valence-corrected chi connectivity index (χ0v) is 11.1. The number of hydrogen-bond donors (Lipinski definition) is 1. The van der Waals surface area contributed by atoms with Crippen molar-refractivity contribution in [1.29, 1.82) is 0 Å². The lowest BCUT2D eigenvalue weighted by molar-refractivity contribution is 0.439. The maximum Gasteiger partial charge on any atom is 0.0921 e. The normalized spacial score (nSPS) is 14.7. The van der Waals surface area contributed by atoms with Gasteiger partial charge in [0.25, 0.3) is 0 Å². The number of rotatable bonds is 2. The lowest BCUT2D eigenvalue weighted by Crippen LogP contribution is -2.40. The molecule has 1 fully saturated rings. The van der Waals surface area contributed by atoms with Crippen molar-refractivity contribution in [2.75, 3.05) is 13.1 Å². The first-order chi connectivity index (χ1) is 8.34. The third-order valence-corrected chi connectivity index (χ3v) is 3.19. The van der Waals surface area contributed by atoms with Crippen molar-refractivity contribution < 1.29 is 0 Å². The molecule has 1 aliphatic heterocycles. The number of halogens is 1. The third kappa shape index (κ3) is 2.37. The van der Waals surface area contributed by atoms with E-state index in [1.807, 2.05) is 0 Å². The van der Waals surface area contributed by atoms with Crippen molar-refractivity contribution in [3.05, 3.63) is 47.9 Å². The Bertz CT molecular complexity index is 538. The smallest absolute Gasteiger partial charge is 0.0921 e. The van der Waals surface area contributed by atoms with Crippen LogP contribution in [-0.2, 0) is 0 Å². The Balaban J connectivity index is 0.00000120. The molecule has 3 rings (SSSR count). The largest absolute Gasteiger partial charge is 0.315 e. The second-order valence-corrected chi connectivity index (χ2v) is 4.51. The quantitative estimate of drug-likeness (QED) is 0.903. The van der Waals surface area contributed by atoms with E-state index in [-0.39, 0.29) is 12.4 Å². The zero-order valence-electron chi connectivity index (χ0n) is 10.3. The van der Waals surface area contributed by atoms with Gasteiger partial charge in [-0.2, -0.15) is 0 Å². The SMILES string of the molecule is Cc1cccc(-c2nccnc2C2CNC2)c1.Cl. The fraction of sp³-hybridized carbons (Fsp3) is 0.286. The van der Waals surface area contributed by atoms with E-state index in [2.05, 4.69) is 46.5 Å². The summed E-state index contributed by atoms with van der Waals surface area (Å²) < 4.78 is 0. The fourth-order valence-corrected chi connectivity index (χ4v) is 2.14. The molecule has 2 aromatic rings. The maximum atomic E-state index is 4.50. The zero-order chi connectivity index (χ0) is 11.7. The van der Waals surface area contributed by atoms with E-state index < -0.39 is 0 Å². The molecule has 0 bridgehead atoms. The molecule has 0 unspecified atom stereocenters. The fourth-order valence-electron chi connectivity index (χ4n) is 2.14. The molecule has 94 valence electrons. The van der Waals surface area contributed by atoms with E-state index in [0.29, 0.717) is 5.92 Å². The molecule has 0 radical (unpaired) electrons. The first-order valence-corrected chi connectivity index (χ1v) is 5.93. The van der Waals surface area contributed by atoms with Crippen LogP contribution < -0.4 is 5.32 Å². The molecule has 1 aliphatic rings. The van der Waals surface area contributed by atoms with Gasteiger partial charge in [-0.05, 0) is 13.0 Å². The average molecular weight is 262 g/mol. The van der Waals surface area contributed by atoms with Crippen molar-refractivity contribution in [1.82, 2.24) is 15.3 Å². The van der Waals surface area contributed by atoms with E-state index in [1.54, 1.807) is 12.4 Å². The minimum atomic E-state index is 0. The first kappa shape index (κ1) is 13.0. The van der Waals surface area contributed by atoms with Crippen LogP contribution in [0.25, 0.3) is 11.3 Å². The number of hydrogen-bond acceptors (Lipinski definition) is 3. The van der Waals surface area contributed by atoms with E-state index in [4.69, 9.17) is 0 Å². The second kappa shape index (κ2) is 5.46. The Kier molecular flexibility index (Phi) is 3.94. The van der Waals surface area contributed by atoms with Gasteiger partial charge in [0, 0.05) is 37.0 Å². The molecule has 1 N–H and O–H groups in total. The number of nitrogens with zero attached hydrogens (tertiary/aromatic N) is 2. The molecule has 0 aliphatic carbocycles. The molecule has 0 amide bonds. The average Bonchev–Trinajstić information content (AvgIpc) is 2.27. The van der Waals surface area contributed by atoms with Crippen LogP contribution in [0.5, 0.6) is 0 Å². The number of nitrogens with one attached hydrogen (secondary N) is 1. The third-order valence-electron chi connectivity index (χ3n) is 3.19. The molecule has 4 heteroatoms. The van der Waals surface area contributed by atoms with Crippen LogP contribution in [0.4, 0.5) is 0 Å². The van der Waals surface area contributed by atoms with Crippen LogP contribution in [0, 0.1) is 6.92 Å². The van der Waals surface area contributed by atoms with Crippen molar-refractivity contribution in [3.63, 3.8) is 0 Å². The van der Waals surface area contributed by atoms with Crippen molar-refractivity contribution >= 4 is 12.4 Å². The van der Waals surface area contributed by atoms with Gasteiger partial charge in [-0.15, -0.1) is 12.4 Å². The van der Waals surface area contributed by atoms with Crippen LogP contribution in [0.3, 0.4) is 0 Å². The molecular formula is C14H16ClN3. The molecule has 2 heterocycles. The van der Waals surface area contributed by atoms with E-state index in [0.717, 1.165) is 24.5 Å². The van der Waals surface area contributed by atoms with Crippen molar-refractivity contribution in [2.24, 2.45) is 0 Å². The monoisotopic (exact) mass is 261 g/mol. The number of aryl methyl sites for hydroxylation is 1. The van der Waals surface area contributed by atoms with Gasteiger partial charge in [-0.1, -0.05) is 23.8 Å². The molecular weight excluding hydrogens is 246 g/mol.